The molecule has 0 spiro atoms. The van der Waals surface area contributed by atoms with Crippen molar-refractivity contribution in [2.45, 2.75) is 65.3 Å². The van der Waals surface area contributed by atoms with Crippen LogP contribution in [0.15, 0.2) is 30.3 Å². The lowest BCUT2D eigenvalue weighted by atomic mass is 9.68. The summed E-state index contributed by atoms with van der Waals surface area (Å²) in [6, 6.07) is 11.6. The van der Waals surface area contributed by atoms with Gasteiger partial charge >= 0.3 is 0 Å². The summed E-state index contributed by atoms with van der Waals surface area (Å²) in [5.41, 5.74) is 1.76. The minimum absolute atomic E-state index is 0.265. The Labute approximate surface area is 119 Å². The Balaban J connectivity index is 3.14. The molecule has 0 aromatic heterocycles. The third kappa shape index (κ3) is 3.82. The maximum atomic E-state index is 3.76. The normalized spacial score (nSPS) is 13.8. The van der Waals surface area contributed by atoms with Crippen molar-refractivity contribution in [2.24, 2.45) is 5.92 Å². The Kier molecular flexibility index (Phi) is 6.57. The molecule has 1 atom stereocenters. The van der Waals surface area contributed by atoms with Crippen molar-refractivity contribution in [1.82, 2.24) is 5.32 Å². The number of hydrogen-bond donors (Lipinski definition) is 1. The van der Waals surface area contributed by atoms with Gasteiger partial charge in [0.05, 0.1) is 0 Å². The van der Waals surface area contributed by atoms with Gasteiger partial charge in [0.1, 0.15) is 0 Å². The van der Waals surface area contributed by atoms with E-state index in [1.54, 1.807) is 0 Å². The number of nitrogens with one attached hydrogen (secondary N) is 1. The summed E-state index contributed by atoms with van der Waals surface area (Å²) < 4.78 is 0. The molecule has 1 heteroatoms. The monoisotopic (exact) mass is 261 g/mol. The van der Waals surface area contributed by atoms with Crippen molar-refractivity contribution in [2.75, 3.05) is 6.54 Å². The first kappa shape index (κ1) is 16.2. The summed E-state index contributed by atoms with van der Waals surface area (Å²) in [5.74, 6) is 0.727. The first-order valence-corrected chi connectivity index (χ1v) is 7.89. The molecule has 0 radical (unpaired) electrons. The van der Waals surface area contributed by atoms with Crippen molar-refractivity contribution in [3.8, 4) is 0 Å². The van der Waals surface area contributed by atoms with E-state index in [0.29, 0.717) is 6.04 Å². The highest BCUT2D eigenvalue weighted by molar-refractivity contribution is 5.27. The average molecular weight is 261 g/mol. The molecule has 1 rings (SSSR count). The van der Waals surface area contributed by atoms with Gasteiger partial charge in [0.2, 0.25) is 0 Å². The molecule has 0 aliphatic rings. The highest BCUT2D eigenvalue weighted by Crippen LogP contribution is 2.37. The molecule has 1 nitrogen and oxygen atoms in total. The summed E-state index contributed by atoms with van der Waals surface area (Å²) in [7, 11) is 0. The van der Waals surface area contributed by atoms with Crippen LogP contribution >= 0.6 is 0 Å². The number of benzene rings is 1. The quantitative estimate of drug-likeness (QED) is 0.711. The SMILES string of the molecule is CCNC(CC(C)C)C(CC)(CC)c1ccccc1. The van der Waals surface area contributed by atoms with Crippen LogP contribution in [-0.4, -0.2) is 12.6 Å². The standard InChI is InChI=1S/C18H31N/c1-6-18(7-2,16-12-10-9-11-13-16)17(19-8-3)14-15(4)5/h9-13,15,17,19H,6-8,14H2,1-5H3. The van der Waals surface area contributed by atoms with Crippen LogP contribution in [0.2, 0.25) is 0 Å². The molecule has 1 aromatic rings. The Morgan fingerprint density at radius 1 is 1.00 bits per heavy atom. The van der Waals surface area contributed by atoms with E-state index >= 15 is 0 Å². The van der Waals surface area contributed by atoms with Crippen LogP contribution in [0.3, 0.4) is 0 Å². The van der Waals surface area contributed by atoms with Gasteiger partial charge in [-0.15, -0.1) is 0 Å². The Hall–Kier alpha value is -0.820. The fourth-order valence-corrected chi connectivity index (χ4v) is 3.34. The Bertz CT molecular complexity index is 338. The number of likely N-dealkylation sites (N-methyl/N-ethyl adjacent to an activating group) is 1. The van der Waals surface area contributed by atoms with E-state index in [-0.39, 0.29) is 5.41 Å². The predicted octanol–water partition coefficient (Wildman–Crippen LogP) is 4.77. The average Bonchev–Trinajstić information content (AvgIpc) is 2.41. The van der Waals surface area contributed by atoms with Crippen molar-refractivity contribution >= 4 is 0 Å². The first-order valence-electron chi connectivity index (χ1n) is 7.89. The third-order valence-electron chi connectivity index (χ3n) is 4.44. The minimum Gasteiger partial charge on any atom is -0.313 e. The fourth-order valence-electron chi connectivity index (χ4n) is 3.34. The van der Waals surface area contributed by atoms with Gasteiger partial charge in [-0.2, -0.15) is 0 Å². The van der Waals surface area contributed by atoms with Crippen molar-refractivity contribution in [3.05, 3.63) is 35.9 Å². The molecule has 1 unspecified atom stereocenters. The molecule has 108 valence electrons. The molecule has 0 heterocycles. The highest BCUT2D eigenvalue weighted by atomic mass is 14.9. The van der Waals surface area contributed by atoms with Gasteiger partial charge in [-0.1, -0.05) is 65.0 Å². The maximum absolute atomic E-state index is 3.76. The number of hydrogen-bond acceptors (Lipinski definition) is 1. The molecule has 0 saturated heterocycles. The van der Waals surface area contributed by atoms with Crippen LogP contribution in [0.25, 0.3) is 0 Å². The fraction of sp³-hybridized carbons (Fsp3) is 0.667. The molecule has 19 heavy (non-hydrogen) atoms. The van der Waals surface area contributed by atoms with Gasteiger partial charge in [-0.25, -0.2) is 0 Å². The number of rotatable bonds is 8. The van der Waals surface area contributed by atoms with Gasteiger partial charge in [0.25, 0.3) is 0 Å². The third-order valence-corrected chi connectivity index (χ3v) is 4.44. The predicted molar refractivity (Wildman–Crippen MR) is 85.6 cm³/mol. The zero-order chi connectivity index (χ0) is 14.3. The van der Waals surface area contributed by atoms with E-state index in [0.717, 1.165) is 12.5 Å². The van der Waals surface area contributed by atoms with Gasteiger partial charge in [0.15, 0.2) is 0 Å². The minimum atomic E-state index is 0.265. The van der Waals surface area contributed by atoms with Crippen LogP contribution in [0.5, 0.6) is 0 Å². The van der Waals surface area contributed by atoms with E-state index < -0.39 is 0 Å². The summed E-state index contributed by atoms with van der Waals surface area (Å²) in [6.07, 6.45) is 3.63. The van der Waals surface area contributed by atoms with Crippen LogP contribution in [0.1, 0.15) is 59.4 Å². The smallest absolute Gasteiger partial charge is 0.0166 e. The largest absolute Gasteiger partial charge is 0.313 e. The van der Waals surface area contributed by atoms with Crippen molar-refractivity contribution in [1.29, 1.82) is 0 Å². The molecule has 0 aliphatic heterocycles. The molecule has 0 fully saturated rings. The van der Waals surface area contributed by atoms with E-state index in [9.17, 15) is 0 Å². The van der Waals surface area contributed by atoms with Crippen LogP contribution in [0.4, 0.5) is 0 Å². The molecule has 0 aliphatic carbocycles. The topological polar surface area (TPSA) is 12.0 Å². The van der Waals surface area contributed by atoms with Gasteiger partial charge < -0.3 is 5.32 Å². The van der Waals surface area contributed by atoms with Gasteiger partial charge in [-0.3, -0.25) is 0 Å². The van der Waals surface area contributed by atoms with Crippen LogP contribution in [0, 0.1) is 5.92 Å². The van der Waals surface area contributed by atoms with Crippen LogP contribution < -0.4 is 5.32 Å². The zero-order valence-corrected chi connectivity index (χ0v) is 13.4. The second kappa shape index (κ2) is 7.69. The molecule has 0 amide bonds. The lowest BCUT2D eigenvalue weighted by molar-refractivity contribution is 0.241. The summed E-state index contributed by atoms with van der Waals surface area (Å²) in [5, 5.41) is 3.76. The summed E-state index contributed by atoms with van der Waals surface area (Å²) in [6.45, 7) is 12.6. The summed E-state index contributed by atoms with van der Waals surface area (Å²) >= 11 is 0. The van der Waals surface area contributed by atoms with Gasteiger partial charge in [-0.05, 0) is 37.3 Å². The van der Waals surface area contributed by atoms with Crippen molar-refractivity contribution in [3.63, 3.8) is 0 Å². The second-order valence-corrected chi connectivity index (χ2v) is 5.97. The lowest BCUT2D eigenvalue weighted by Crippen LogP contribution is -2.48. The molecule has 1 aromatic carbocycles. The Morgan fingerprint density at radius 3 is 2.00 bits per heavy atom. The van der Waals surface area contributed by atoms with Crippen molar-refractivity contribution < 1.29 is 0 Å². The summed E-state index contributed by atoms with van der Waals surface area (Å²) in [4.78, 5) is 0. The molecule has 1 N–H and O–H groups in total. The molecule has 0 saturated carbocycles. The van der Waals surface area contributed by atoms with Gasteiger partial charge in [0, 0.05) is 11.5 Å². The molecular weight excluding hydrogens is 230 g/mol. The molecule has 0 bridgehead atoms. The first-order chi connectivity index (χ1) is 9.10. The van der Waals surface area contributed by atoms with E-state index in [2.05, 4.69) is 70.3 Å². The second-order valence-electron chi connectivity index (χ2n) is 5.97. The van der Waals surface area contributed by atoms with Crippen LogP contribution in [-0.2, 0) is 5.41 Å². The van der Waals surface area contributed by atoms with E-state index in [1.807, 2.05) is 0 Å². The molecular formula is C18H31N. The Morgan fingerprint density at radius 2 is 1.58 bits per heavy atom. The lowest BCUT2D eigenvalue weighted by Gasteiger charge is -2.42. The van der Waals surface area contributed by atoms with E-state index in [1.165, 1.54) is 24.8 Å². The van der Waals surface area contributed by atoms with E-state index in [4.69, 9.17) is 0 Å². The maximum Gasteiger partial charge on any atom is 0.0166 e. The highest BCUT2D eigenvalue weighted by Gasteiger charge is 2.36. The zero-order valence-electron chi connectivity index (χ0n) is 13.4.